The van der Waals surface area contributed by atoms with Crippen molar-refractivity contribution in [2.75, 3.05) is 37.3 Å². The summed E-state index contributed by atoms with van der Waals surface area (Å²) in [5, 5.41) is 11.9. The van der Waals surface area contributed by atoms with Crippen molar-refractivity contribution in [1.82, 2.24) is 4.90 Å². The summed E-state index contributed by atoms with van der Waals surface area (Å²) in [6, 6.07) is 12.3. The monoisotopic (exact) mass is 423 g/mol. The van der Waals surface area contributed by atoms with E-state index in [1.54, 1.807) is 6.07 Å². The lowest BCUT2D eigenvalue weighted by molar-refractivity contribution is -0.387. The third kappa shape index (κ3) is 4.45. The Balaban J connectivity index is 1.74. The molecule has 1 heterocycles. The third-order valence-corrected chi connectivity index (χ3v) is 6.50. The van der Waals surface area contributed by atoms with Gasteiger partial charge < -0.3 is 4.90 Å². The fourth-order valence-corrected chi connectivity index (χ4v) is 4.45. The molecule has 1 saturated heterocycles. The molecule has 1 unspecified atom stereocenters. The molecule has 1 fully saturated rings. The molecule has 1 atom stereocenters. The first-order valence-corrected chi connectivity index (χ1v) is 11.2. The van der Waals surface area contributed by atoms with Crippen molar-refractivity contribution in [3.63, 3.8) is 0 Å². The maximum atomic E-state index is 12.0. The van der Waals surface area contributed by atoms with Crippen LogP contribution in [0.5, 0.6) is 0 Å². The average molecular weight is 424 g/mol. The zero-order chi connectivity index (χ0) is 20.5. The number of nitro groups is 1. The molecule has 28 heavy (non-hydrogen) atoms. The number of halogens is 1. The number of nitrogens with zero attached hydrogens (tertiary/aromatic N) is 3. The first-order valence-electron chi connectivity index (χ1n) is 8.90. The molecule has 0 aliphatic carbocycles. The highest BCUT2D eigenvalue weighted by molar-refractivity contribution is 7.90. The topological polar surface area (TPSA) is 83.8 Å². The van der Waals surface area contributed by atoms with Gasteiger partial charge in [-0.1, -0.05) is 23.7 Å². The predicted molar refractivity (Wildman–Crippen MR) is 110 cm³/mol. The SMILES string of the molecule is CC(c1ccc(Cl)cc1)N1CCN(c2ccc([N+](=O)[O-])c(S(C)(=O)=O)c2)CC1. The number of nitro benzene ring substituents is 1. The van der Waals surface area contributed by atoms with E-state index in [-0.39, 0.29) is 16.6 Å². The van der Waals surface area contributed by atoms with E-state index in [4.69, 9.17) is 11.6 Å². The van der Waals surface area contributed by atoms with Gasteiger partial charge in [0.15, 0.2) is 9.84 Å². The van der Waals surface area contributed by atoms with Gasteiger partial charge >= 0.3 is 0 Å². The van der Waals surface area contributed by atoms with Crippen molar-refractivity contribution in [2.45, 2.75) is 17.9 Å². The molecule has 0 saturated carbocycles. The molecule has 0 N–H and O–H groups in total. The zero-order valence-corrected chi connectivity index (χ0v) is 17.3. The fraction of sp³-hybridized carbons (Fsp3) is 0.368. The largest absolute Gasteiger partial charge is 0.369 e. The van der Waals surface area contributed by atoms with Crippen LogP contribution >= 0.6 is 11.6 Å². The van der Waals surface area contributed by atoms with Crippen LogP contribution in [0.4, 0.5) is 11.4 Å². The maximum Gasteiger partial charge on any atom is 0.288 e. The molecule has 1 aliphatic heterocycles. The second-order valence-corrected chi connectivity index (χ2v) is 9.35. The minimum absolute atomic E-state index is 0.239. The molecule has 0 spiro atoms. The van der Waals surface area contributed by atoms with Crippen molar-refractivity contribution in [3.8, 4) is 0 Å². The zero-order valence-electron chi connectivity index (χ0n) is 15.7. The van der Waals surface area contributed by atoms with Gasteiger partial charge in [-0.15, -0.1) is 0 Å². The van der Waals surface area contributed by atoms with Gasteiger partial charge in [0.1, 0.15) is 4.90 Å². The van der Waals surface area contributed by atoms with Crippen LogP contribution in [0.1, 0.15) is 18.5 Å². The van der Waals surface area contributed by atoms with Gasteiger partial charge in [0, 0.05) is 55.3 Å². The lowest BCUT2D eigenvalue weighted by atomic mass is 10.1. The van der Waals surface area contributed by atoms with Gasteiger partial charge in [0.2, 0.25) is 0 Å². The second-order valence-electron chi connectivity index (χ2n) is 6.93. The van der Waals surface area contributed by atoms with Crippen LogP contribution in [0.2, 0.25) is 5.02 Å². The number of hydrogen-bond donors (Lipinski definition) is 0. The average Bonchev–Trinajstić information content (AvgIpc) is 2.67. The van der Waals surface area contributed by atoms with Crippen LogP contribution in [0, 0.1) is 10.1 Å². The van der Waals surface area contributed by atoms with Crippen LogP contribution < -0.4 is 4.90 Å². The number of benzene rings is 2. The highest BCUT2D eigenvalue weighted by Gasteiger charge is 2.26. The molecule has 0 aromatic heterocycles. The van der Waals surface area contributed by atoms with Crippen LogP contribution in [0.3, 0.4) is 0 Å². The van der Waals surface area contributed by atoms with Crippen LogP contribution in [-0.4, -0.2) is 50.7 Å². The molecule has 9 heteroatoms. The van der Waals surface area contributed by atoms with Crippen molar-refractivity contribution >= 4 is 32.8 Å². The summed E-state index contributed by atoms with van der Waals surface area (Å²) in [6.45, 7) is 5.16. The predicted octanol–water partition coefficient (Wildman–Crippen LogP) is 3.53. The van der Waals surface area contributed by atoms with Crippen molar-refractivity contribution in [3.05, 3.63) is 63.2 Å². The summed E-state index contributed by atoms with van der Waals surface area (Å²) < 4.78 is 23.9. The number of hydrogen-bond acceptors (Lipinski definition) is 6. The third-order valence-electron chi connectivity index (χ3n) is 5.12. The standard InChI is InChI=1S/C19H22ClN3O4S/c1-14(15-3-5-16(20)6-4-15)21-9-11-22(12-10-21)17-7-8-18(23(24)25)19(13-17)28(2,26)27/h3-8,13-14H,9-12H2,1-2H3. The van der Waals surface area contributed by atoms with Gasteiger partial charge in [-0.05, 0) is 36.8 Å². The molecule has 0 amide bonds. The first kappa shape index (κ1) is 20.6. The Morgan fingerprint density at radius 2 is 1.68 bits per heavy atom. The van der Waals surface area contributed by atoms with E-state index >= 15 is 0 Å². The number of piperazine rings is 1. The van der Waals surface area contributed by atoms with Gasteiger partial charge in [-0.2, -0.15) is 0 Å². The highest BCUT2D eigenvalue weighted by Crippen LogP contribution is 2.30. The van der Waals surface area contributed by atoms with E-state index in [2.05, 4.69) is 16.7 Å². The number of sulfone groups is 1. The summed E-state index contributed by atoms with van der Waals surface area (Å²) in [7, 11) is -3.69. The summed E-state index contributed by atoms with van der Waals surface area (Å²) in [5.74, 6) is 0. The van der Waals surface area contributed by atoms with Gasteiger partial charge in [0.05, 0.1) is 4.92 Å². The lowest BCUT2D eigenvalue weighted by Gasteiger charge is -2.39. The highest BCUT2D eigenvalue weighted by atomic mass is 35.5. The number of anilines is 1. The minimum atomic E-state index is -3.69. The summed E-state index contributed by atoms with van der Waals surface area (Å²) in [6.07, 6.45) is 0.991. The fourth-order valence-electron chi connectivity index (χ4n) is 3.47. The molecular weight excluding hydrogens is 402 g/mol. The van der Waals surface area contributed by atoms with E-state index in [1.165, 1.54) is 17.7 Å². The van der Waals surface area contributed by atoms with E-state index in [0.717, 1.165) is 19.3 Å². The first-order chi connectivity index (χ1) is 13.2. The quantitative estimate of drug-likeness (QED) is 0.540. The minimum Gasteiger partial charge on any atom is -0.369 e. The molecule has 2 aromatic carbocycles. The van der Waals surface area contributed by atoms with E-state index in [0.29, 0.717) is 23.8 Å². The molecular formula is C19H22ClN3O4S. The second kappa shape index (κ2) is 8.06. The van der Waals surface area contributed by atoms with E-state index in [1.807, 2.05) is 24.3 Å². The number of rotatable bonds is 5. The van der Waals surface area contributed by atoms with E-state index < -0.39 is 14.8 Å². The van der Waals surface area contributed by atoms with Crippen LogP contribution in [0.25, 0.3) is 0 Å². The van der Waals surface area contributed by atoms with Crippen molar-refractivity contribution in [2.24, 2.45) is 0 Å². The molecule has 7 nitrogen and oxygen atoms in total. The van der Waals surface area contributed by atoms with Crippen LogP contribution in [0.15, 0.2) is 47.4 Å². The molecule has 150 valence electrons. The molecule has 2 aromatic rings. The van der Waals surface area contributed by atoms with E-state index in [9.17, 15) is 18.5 Å². The Labute approximate surface area is 169 Å². The normalized spacial score (nSPS) is 16.8. The summed E-state index contributed by atoms with van der Waals surface area (Å²) >= 11 is 5.96. The van der Waals surface area contributed by atoms with Crippen molar-refractivity contribution in [1.29, 1.82) is 0 Å². The van der Waals surface area contributed by atoms with Crippen molar-refractivity contribution < 1.29 is 13.3 Å². The Morgan fingerprint density at radius 3 is 2.21 bits per heavy atom. The van der Waals surface area contributed by atoms with Gasteiger partial charge in [-0.3, -0.25) is 15.0 Å². The van der Waals surface area contributed by atoms with Crippen LogP contribution in [-0.2, 0) is 9.84 Å². The Bertz CT molecular complexity index is 971. The van der Waals surface area contributed by atoms with Gasteiger partial charge in [-0.25, -0.2) is 8.42 Å². The Morgan fingerprint density at radius 1 is 1.07 bits per heavy atom. The van der Waals surface area contributed by atoms with Gasteiger partial charge in [0.25, 0.3) is 5.69 Å². The summed E-state index contributed by atoms with van der Waals surface area (Å²) in [4.78, 5) is 14.6. The Hall–Kier alpha value is -2.16. The molecule has 0 bridgehead atoms. The smallest absolute Gasteiger partial charge is 0.288 e. The lowest BCUT2D eigenvalue weighted by Crippen LogP contribution is -2.47. The molecule has 3 rings (SSSR count). The maximum absolute atomic E-state index is 12.0. The summed E-state index contributed by atoms with van der Waals surface area (Å²) in [5.41, 5.74) is 1.48. The molecule has 0 radical (unpaired) electrons. The Kier molecular flexibility index (Phi) is 5.92. The molecule has 1 aliphatic rings.